The van der Waals surface area contributed by atoms with E-state index in [-0.39, 0.29) is 11.2 Å². The third-order valence-electron chi connectivity index (χ3n) is 6.64. The van der Waals surface area contributed by atoms with Crippen LogP contribution in [0.15, 0.2) is 75.9 Å². The second-order valence-corrected chi connectivity index (χ2v) is 8.93. The number of nitrogens with zero attached hydrogens (tertiary/aromatic N) is 4. The van der Waals surface area contributed by atoms with Crippen LogP contribution in [0.3, 0.4) is 0 Å². The average Bonchev–Trinajstić information content (AvgIpc) is 3.32. The molecule has 0 spiro atoms. The number of furan rings is 1. The standard InChI is InChI=1S/C28H25N4O5/c1-18-15-20-16-19(7-10-26(20)37-18)27-22-5-3-4-6-23(22)28(33)31(29-27)25-17-21(30-11-13-36-14-12-30)8-9-24(25)32(34)35-2/h3-10,15-17H,11-14H2,1-2H3/q+1. The first-order valence-electron chi connectivity index (χ1n) is 12.0. The predicted molar refractivity (Wildman–Crippen MR) is 141 cm³/mol. The number of aromatic nitrogens is 2. The fraction of sp³-hybridized carbons (Fsp3) is 0.214. The first kappa shape index (κ1) is 22.9. The van der Waals surface area contributed by atoms with Gasteiger partial charge >= 0.3 is 5.69 Å². The quantitative estimate of drug-likeness (QED) is 0.319. The first-order chi connectivity index (χ1) is 18.0. The summed E-state index contributed by atoms with van der Waals surface area (Å²) in [4.78, 5) is 34.0. The summed E-state index contributed by atoms with van der Waals surface area (Å²) < 4.78 is 12.5. The molecular weight excluding hydrogens is 472 g/mol. The maximum atomic E-state index is 13.8. The SMILES string of the molecule is CO[N+](=O)c1ccc(N2CCOCC2)cc1-n1nc(-c2ccc3oc(C)cc3c2)c2ccccc2c1=O. The molecule has 0 radical (unpaired) electrons. The summed E-state index contributed by atoms with van der Waals surface area (Å²) >= 11 is 0. The lowest BCUT2D eigenvalue weighted by atomic mass is 10.0. The van der Waals surface area contributed by atoms with Crippen LogP contribution in [0.25, 0.3) is 38.7 Å². The molecule has 3 heterocycles. The Balaban J connectivity index is 1.61. The topological polar surface area (TPSA) is 89.8 Å². The van der Waals surface area contributed by atoms with Crippen LogP contribution in [0, 0.1) is 11.8 Å². The molecule has 0 unspecified atom stereocenters. The minimum absolute atomic E-state index is 0.177. The fourth-order valence-corrected chi connectivity index (χ4v) is 4.84. The molecule has 5 aromatic rings. The Morgan fingerprint density at radius 3 is 2.54 bits per heavy atom. The van der Waals surface area contributed by atoms with Gasteiger partial charge in [0.15, 0.2) is 12.8 Å². The van der Waals surface area contributed by atoms with E-state index in [4.69, 9.17) is 19.1 Å². The molecule has 1 aliphatic rings. The highest BCUT2D eigenvalue weighted by molar-refractivity contribution is 5.96. The van der Waals surface area contributed by atoms with Crippen molar-refractivity contribution in [2.45, 2.75) is 6.92 Å². The number of morpholine rings is 1. The number of hydrogen-bond donors (Lipinski definition) is 0. The third-order valence-corrected chi connectivity index (χ3v) is 6.64. The normalized spacial score (nSPS) is 13.8. The summed E-state index contributed by atoms with van der Waals surface area (Å²) in [5, 5.41) is 6.99. The van der Waals surface area contributed by atoms with Gasteiger partial charge in [-0.15, -0.1) is 0 Å². The van der Waals surface area contributed by atoms with Crippen LogP contribution in [-0.2, 0) is 9.57 Å². The molecule has 9 nitrogen and oxygen atoms in total. The Hall–Kier alpha value is -4.50. The van der Waals surface area contributed by atoms with Gasteiger partial charge in [0, 0.05) is 41.2 Å². The van der Waals surface area contributed by atoms with Crippen LogP contribution < -0.4 is 10.5 Å². The highest BCUT2D eigenvalue weighted by atomic mass is 16.8. The van der Waals surface area contributed by atoms with Crippen molar-refractivity contribution < 1.29 is 18.9 Å². The number of aryl methyl sites for hydroxylation is 1. The zero-order valence-electron chi connectivity index (χ0n) is 20.5. The monoisotopic (exact) mass is 497 g/mol. The lowest BCUT2D eigenvalue weighted by Gasteiger charge is -2.29. The van der Waals surface area contributed by atoms with E-state index >= 15 is 0 Å². The summed E-state index contributed by atoms with van der Waals surface area (Å²) in [5.41, 5.74) is 3.27. The van der Waals surface area contributed by atoms with Gasteiger partial charge in [-0.1, -0.05) is 18.2 Å². The summed E-state index contributed by atoms with van der Waals surface area (Å²) in [6.07, 6.45) is 0. The molecule has 9 heteroatoms. The Bertz CT molecular complexity index is 1720. The molecule has 0 bridgehead atoms. The number of benzene rings is 3. The number of rotatable bonds is 5. The van der Waals surface area contributed by atoms with E-state index in [9.17, 15) is 9.70 Å². The zero-order valence-corrected chi connectivity index (χ0v) is 20.5. The van der Waals surface area contributed by atoms with E-state index in [1.807, 2.05) is 55.5 Å². The van der Waals surface area contributed by atoms with Crippen LogP contribution in [-0.4, -0.2) is 48.1 Å². The van der Waals surface area contributed by atoms with Gasteiger partial charge in [-0.2, -0.15) is 9.78 Å². The van der Waals surface area contributed by atoms with Gasteiger partial charge in [-0.3, -0.25) is 4.79 Å². The second kappa shape index (κ2) is 9.18. The lowest BCUT2D eigenvalue weighted by Crippen LogP contribution is -2.36. The molecule has 6 rings (SSSR count). The highest BCUT2D eigenvalue weighted by Crippen LogP contribution is 2.32. The van der Waals surface area contributed by atoms with Gasteiger partial charge in [-0.05, 0) is 49.4 Å². The number of hydrogen-bond acceptors (Lipinski definition) is 7. The fourth-order valence-electron chi connectivity index (χ4n) is 4.84. The van der Waals surface area contributed by atoms with Crippen molar-refractivity contribution in [3.8, 4) is 16.9 Å². The molecule has 2 aromatic heterocycles. The molecule has 0 aliphatic carbocycles. The summed E-state index contributed by atoms with van der Waals surface area (Å²) in [7, 11) is 1.29. The summed E-state index contributed by atoms with van der Waals surface area (Å²) in [5.74, 6) is 0.814. The van der Waals surface area contributed by atoms with E-state index in [1.165, 1.54) is 11.8 Å². The second-order valence-electron chi connectivity index (χ2n) is 8.93. The van der Waals surface area contributed by atoms with E-state index in [1.54, 1.807) is 18.2 Å². The van der Waals surface area contributed by atoms with Gasteiger partial charge in [0.05, 0.1) is 29.2 Å². The number of fused-ring (bicyclic) bond motifs is 2. The molecule has 0 N–H and O–H groups in total. The van der Waals surface area contributed by atoms with Crippen LogP contribution in [0.5, 0.6) is 0 Å². The zero-order chi connectivity index (χ0) is 25.5. The van der Waals surface area contributed by atoms with Crippen molar-refractivity contribution in [3.05, 3.63) is 87.8 Å². The van der Waals surface area contributed by atoms with Gasteiger partial charge in [0.2, 0.25) is 0 Å². The lowest BCUT2D eigenvalue weighted by molar-refractivity contribution is -0.736. The molecule has 1 aliphatic heterocycles. The number of ether oxygens (including phenoxy) is 1. The molecule has 3 aromatic carbocycles. The maximum Gasteiger partial charge on any atom is 0.342 e. The van der Waals surface area contributed by atoms with Crippen LogP contribution in [0.2, 0.25) is 0 Å². The van der Waals surface area contributed by atoms with Gasteiger partial charge in [-0.25, -0.2) is 4.84 Å². The first-order valence-corrected chi connectivity index (χ1v) is 12.0. The van der Waals surface area contributed by atoms with Crippen LogP contribution >= 0.6 is 0 Å². The molecular formula is C28H25N4O5+. The molecule has 0 atom stereocenters. The molecule has 1 saturated heterocycles. The van der Waals surface area contributed by atoms with Gasteiger partial charge in [0.1, 0.15) is 11.3 Å². The molecule has 37 heavy (non-hydrogen) atoms. The highest BCUT2D eigenvalue weighted by Gasteiger charge is 2.27. The molecule has 186 valence electrons. The third kappa shape index (κ3) is 4.03. The van der Waals surface area contributed by atoms with Crippen molar-refractivity contribution in [1.29, 1.82) is 0 Å². The van der Waals surface area contributed by atoms with Gasteiger partial charge in [0.25, 0.3) is 10.5 Å². The summed E-state index contributed by atoms with van der Waals surface area (Å²) in [6, 6.07) is 20.5. The van der Waals surface area contributed by atoms with E-state index in [2.05, 4.69) is 4.90 Å². The Kier molecular flexibility index (Phi) is 5.69. The average molecular weight is 498 g/mol. The van der Waals surface area contributed by atoms with Crippen molar-refractivity contribution in [3.63, 3.8) is 0 Å². The van der Waals surface area contributed by atoms with E-state index < -0.39 is 0 Å². The van der Waals surface area contributed by atoms with Crippen molar-refractivity contribution in [1.82, 2.24) is 9.78 Å². The Morgan fingerprint density at radius 2 is 1.76 bits per heavy atom. The molecule has 0 saturated carbocycles. The minimum Gasteiger partial charge on any atom is -0.461 e. The van der Waals surface area contributed by atoms with Crippen molar-refractivity contribution in [2.24, 2.45) is 0 Å². The number of anilines is 1. The Morgan fingerprint density at radius 1 is 0.973 bits per heavy atom. The Labute approximate surface area is 212 Å². The van der Waals surface area contributed by atoms with Crippen LogP contribution in [0.4, 0.5) is 11.4 Å². The van der Waals surface area contributed by atoms with Crippen molar-refractivity contribution in [2.75, 3.05) is 38.3 Å². The van der Waals surface area contributed by atoms with E-state index in [0.717, 1.165) is 33.4 Å². The maximum absolute atomic E-state index is 13.8. The molecule has 1 fully saturated rings. The van der Waals surface area contributed by atoms with Crippen LogP contribution in [0.1, 0.15) is 5.76 Å². The minimum atomic E-state index is -0.329. The summed E-state index contributed by atoms with van der Waals surface area (Å²) in [6.45, 7) is 4.54. The predicted octanol–water partition coefficient (Wildman–Crippen LogP) is 4.92. The largest absolute Gasteiger partial charge is 0.461 e. The van der Waals surface area contributed by atoms with E-state index in [0.29, 0.717) is 48.0 Å². The van der Waals surface area contributed by atoms with Gasteiger partial charge < -0.3 is 14.1 Å². The smallest absolute Gasteiger partial charge is 0.342 e. The molecule has 0 amide bonds. The van der Waals surface area contributed by atoms with Crippen molar-refractivity contribution >= 4 is 33.1 Å².